The Morgan fingerprint density at radius 1 is 1.26 bits per heavy atom. The first-order valence-corrected chi connectivity index (χ1v) is 7.86. The lowest BCUT2D eigenvalue weighted by Crippen LogP contribution is -2.48. The molecule has 4 nitrogen and oxygen atoms in total. The molecule has 2 heterocycles. The van der Waals surface area contributed by atoms with Crippen molar-refractivity contribution >= 4 is 17.2 Å². The highest BCUT2D eigenvalue weighted by molar-refractivity contribution is 7.07. The van der Waals surface area contributed by atoms with E-state index in [0.717, 1.165) is 45.6 Å². The van der Waals surface area contributed by atoms with E-state index in [2.05, 4.69) is 21.7 Å². The van der Waals surface area contributed by atoms with Crippen molar-refractivity contribution in [2.24, 2.45) is 0 Å². The second-order valence-electron chi connectivity index (χ2n) is 4.97. The van der Waals surface area contributed by atoms with Crippen molar-refractivity contribution in [3.05, 3.63) is 22.4 Å². The number of piperazine rings is 1. The van der Waals surface area contributed by atoms with Crippen molar-refractivity contribution < 1.29 is 9.90 Å². The van der Waals surface area contributed by atoms with Gasteiger partial charge in [-0.3, -0.25) is 9.69 Å². The van der Waals surface area contributed by atoms with Crippen LogP contribution < -0.4 is 0 Å². The van der Waals surface area contributed by atoms with E-state index >= 15 is 0 Å². The van der Waals surface area contributed by atoms with Gasteiger partial charge in [0.15, 0.2) is 0 Å². The summed E-state index contributed by atoms with van der Waals surface area (Å²) < 4.78 is 0. The molecule has 1 N–H and O–H groups in total. The number of nitrogens with zero attached hydrogens (tertiary/aromatic N) is 2. The van der Waals surface area contributed by atoms with Gasteiger partial charge < -0.3 is 10.0 Å². The van der Waals surface area contributed by atoms with Crippen LogP contribution in [-0.4, -0.2) is 53.6 Å². The monoisotopic (exact) mass is 282 g/mol. The molecule has 2 rings (SSSR count). The molecule has 5 heteroatoms. The second-order valence-corrected chi connectivity index (χ2v) is 5.75. The number of unbranched alkanes of at least 4 members (excludes halogenated alkanes) is 1. The molecule has 0 radical (unpaired) electrons. The molecule has 1 fully saturated rings. The Morgan fingerprint density at radius 3 is 2.68 bits per heavy atom. The number of carbonyl (C=O) groups excluding carboxylic acids is 1. The summed E-state index contributed by atoms with van der Waals surface area (Å²) in [5.74, 6) is 0.239. The van der Waals surface area contributed by atoms with E-state index in [9.17, 15) is 4.79 Å². The molecular formula is C14H22N2O2S. The maximum absolute atomic E-state index is 11.9. The molecular weight excluding hydrogens is 260 g/mol. The molecule has 19 heavy (non-hydrogen) atoms. The number of thiophene rings is 1. The number of amides is 1. The van der Waals surface area contributed by atoms with Gasteiger partial charge in [0.25, 0.3) is 0 Å². The van der Waals surface area contributed by atoms with E-state index in [4.69, 9.17) is 5.11 Å². The fourth-order valence-electron chi connectivity index (χ4n) is 2.34. The van der Waals surface area contributed by atoms with Crippen molar-refractivity contribution in [3.63, 3.8) is 0 Å². The van der Waals surface area contributed by atoms with Gasteiger partial charge in [0.05, 0.1) is 0 Å². The summed E-state index contributed by atoms with van der Waals surface area (Å²) >= 11 is 1.73. The number of rotatable bonds is 6. The van der Waals surface area contributed by atoms with Gasteiger partial charge in [-0.05, 0) is 35.2 Å². The summed E-state index contributed by atoms with van der Waals surface area (Å²) in [4.78, 5) is 16.3. The van der Waals surface area contributed by atoms with Gasteiger partial charge in [0, 0.05) is 45.8 Å². The lowest BCUT2D eigenvalue weighted by Gasteiger charge is -2.34. The van der Waals surface area contributed by atoms with Crippen LogP contribution in [0.15, 0.2) is 16.8 Å². The molecule has 0 aromatic carbocycles. The fourth-order valence-corrected chi connectivity index (χ4v) is 3.00. The van der Waals surface area contributed by atoms with Crippen LogP contribution in [0, 0.1) is 0 Å². The van der Waals surface area contributed by atoms with E-state index in [0.29, 0.717) is 6.42 Å². The Morgan fingerprint density at radius 2 is 2.05 bits per heavy atom. The molecule has 1 amide bonds. The average molecular weight is 282 g/mol. The maximum Gasteiger partial charge on any atom is 0.222 e. The van der Waals surface area contributed by atoms with Gasteiger partial charge in [-0.25, -0.2) is 0 Å². The van der Waals surface area contributed by atoms with Crippen molar-refractivity contribution in [1.29, 1.82) is 0 Å². The van der Waals surface area contributed by atoms with Gasteiger partial charge in [0.2, 0.25) is 5.91 Å². The van der Waals surface area contributed by atoms with Crippen LogP contribution in [0.4, 0.5) is 0 Å². The molecule has 1 saturated heterocycles. The SMILES string of the molecule is O=C(CCCCO)N1CCN(Cc2ccsc2)CC1. The first-order valence-electron chi connectivity index (χ1n) is 6.91. The lowest BCUT2D eigenvalue weighted by molar-refractivity contribution is -0.133. The molecule has 0 bridgehead atoms. The van der Waals surface area contributed by atoms with Gasteiger partial charge in [-0.2, -0.15) is 11.3 Å². The van der Waals surface area contributed by atoms with E-state index in [1.54, 1.807) is 11.3 Å². The Labute approximate surface area is 118 Å². The molecule has 1 aromatic rings. The summed E-state index contributed by atoms with van der Waals surface area (Å²) in [7, 11) is 0. The quantitative estimate of drug-likeness (QED) is 0.805. The minimum absolute atomic E-state index is 0.182. The predicted molar refractivity (Wildman–Crippen MR) is 77.1 cm³/mol. The maximum atomic E-state index is 11.9. The summed E-state index contributed by atoms with van der Waals surface area (Å²) in [5.41, 5.74) is 1.37. The summed E-state index contributed by atoms with van der Waals surface area (Å²) in [6.07, 6.45) is 2.10. The Kier molecular flexibility index (Phi) is 5.82. The van der Waals surface area contributed by atoms with Crippen molar-refractivity contribution in [3.8, 4) is 0 Å². The van der Waals surface area contributed by atoms with Gasteiger partial charge in [0.1, 0.15) is 0 Å². The third-order valence-corrected chi connectivity index (χ3v) is 4.24. The normalized spacial score (nSPS) is 16.8. The van der Waals surface area contributed by atoms with Crippen LogP contribution in [0.3, 0.4) is 0 Å². The fraction of sp³-hybridized carbons (Fsp3) is 0.643. The number of carbonyl (C=O) groups is 1. The van der Waals surface area contributed by atoms with Crippen LogP contribution in [0.25, 0.3) is 0 Å². The third-order valence-electron chi connectivity index (χ3n) is 3.51. The number of hydrogen-bond acceptors (Lipinski definition) is 4. The summed E-state index contributed by atoms with van der Waals surface area (Å²) in [6.45, 7) is 4.77. The highest BCUT2D eigenvalue weighted by Crippen LogP contribution is 2.12. The van der Waals surface area contributed by atoms with Gasteiger partial charge in [-0.15, -0.1) is 0 Å². The zero-order chi connectivity index (χ0) is 13.5. The first kappa shape index (κ1) is 14.5. The predicted octanol–water partition coefficient (Wildman–Crippen LogP) is 1.55. The number of aliphatic hydroxyl groups is 1. The lowest BCUT2D eigenvalue weighted by atomic mass is 10.2. The van der Waals surface area contributed by atoms with E-state index < -0.39 is 0 Å². The number of aliphatic hydroxyl groups excluding tert-OH is 1. The van der Waals surface area contributed by atoms with Crippen LogP contribution >= 0.6 is 11.3 Å². The van der Waals surface area contributed by atoms with Crippen molar-refractivity contribution in [1.82, 2.24) is 9.80 Å². The van der Waals surface area contributed by atoms with Gasteiger partial charge >= 0.3 is 0 Å². The second kappa shape index (κ2) is 7.62. The molecule has 0 unspecified atom stereocenters. The Bertz CT molecular complexity index is 373. The molecule has 1 aliphatic rings. The zero-order valence-corrected chi connectivity index (χ0v) is 12.1. The minimum atomic E-state index is 0.182. The van der Waals surface area contributed by atoms with Crippen LogP contribution in [0.2, 0.25) is 0 Å². The Hall–Kier alpha value is -0.910. The smallest absolute Gasteiger partial charge is 0.222 e. The van der Waals surface area contributed by atoms with Crippen LogP contribution in [0.5, 0.6) is 0 Å². The number of hydrogen-bond donors (Lipinski definition) is 1. The third kappa shape index (κ3) is 4.60. The molecule has 1 aliphatic heterocycles. The average Bonchev–Trinajstić information content (AvgIpc) is 2.93. The first-order chi connectivity index (χ1) is 9.29. The topological polar surface area (TPSA) is 43.8 Å². The van der Waals surface area contributed by atoms with E-state index in [1.807, 2.05) is 4.90 Å². The van der Waals surface area contributed by atoms with E-state index in [1.165, 1.54) is 5.56 Å². The molecule has 0 atom stereocenters. The molecule has 106 valence electrons. The molecule has 0 aliphatic carbocycles. The summed E-state index contributed by atoms with van der Waals surface area (Å²) in [6, 6.07) is 2.16. The van der Waals surface area contributed by atoms with E-state index in [-0.39, 0.29) is 12.5 Å². The minimum Gasteiger partial charge on any atom is -0.396 e. The highest BCUT2D eigenvalue weighted by atomic mass is 32.1. The van der Waals surface area contributed by atoms with Crippen molar-refractivity contribution in [2.75, 3.05) is 32.8 Å². The van der Waals surface area contributed by atoms with Gasteiger partial charge in [-0.1, -0.05) is 0 Å². The Balaban J connectivity index is 1.68. The molecule has 0 saturated carbocycles. The molecule has 1 aromatic heterocycles. The van der Waals surface area contributed by atoms with Crippen LogP contribution in [-0.2, 0) is 11.3 Å². The summed E-state index contributed by atoms with van der Waals surface area (Å²) in [5, 5.41) is 13.0. The zero-order valence-electron chi connectivity index (χ0n) is 11.3. The molecule has 0 spiro atoms. The van der Waals surface area contributed by atoms with Crippen LogP contribution in [0.1, 0.15) is 24.8 Å². The standard InChI is InChI=1S/C14H22N2O2S/c17-9-2-1-3-14(18)16-7-5-15(6-8-16)11-13-4-10-19-12-13/h4,10,12,17H,1-3,5-9,11H2. The highest BCUT2D eigenvalue weighted by Gasteiger charge is 2.20. The van der Waals surface area contributed by atoms with Crippen molar-refractivity contribution in [2.45, 2.75) is 25.8 Å². The largest absolute Gasteiger partial charge is 0.396 e.